The lowest BCUT2D eigenvalue weighted by atomic mass is 9.85. The van der Waals surface area contributed by atoms with Crippen LogP contribution in [0.1, 0.15) is 41.7 Å². The van der Waals surface area contributed by atoms with Crippen LogP contribution in [0.3, 0.4) is 0 Å². The number of nitrogens with zero attached hydrogens (tertiary/aromatic N) is 5. The van der Waals surface area contributed by atoms with E-state index in [9.17, 15) is 9.59 Å². The Morgan fingerprint density at radius 3 is 2.58 bits per heavy atom. The van der Waals surface area contributed by atoms with E-state index in [0.717, 1.165) is 53.4 Å². The van der Waals surface area contributed by atoms with E-state index in [2.05, 4.69) is 15.3 Å². The van der Waals surface area contributed by atoms with Gasteiger partial charge < -0.3 is 9.88 Å². The first kappa shape index (κ1) is 24.4. The number of halogens is 1. The maximum Gasteiger partial charge on any atom is 0.333 e. The number of carbonyl (C=O) groups is 1. The minimum absolute atomic E-state index is 0.0351. The molecular weight excluding hydrogens is 500 g/mol. The van der Waals surface area contributed by atoms with Crippen LogP contribution in [-0.4, -0.2) is 35.6 Å². The molecule has 1 fully saturated rings. The first-order chi connectivity index (χ1) is 18.4. The van der Waals surface area contributed by atoms with Gasteiger partial charge in [0.05, 0.1) is 50.4 Å². The van der Waals surface area contributed by atoms with Gasteiger partial charge in [0.1, 0.15) is 0 Å². The number of aromatic nitrogens is 5. The average Bonchev–Trinajstić information content (AvgIpc) is 3.43. The quantitative estimate of drug-likeness (QED) is 0.347. The van der Waals surface area contributed by atoms with E-state index in [4.69, 9.17) is 11.6 Å². The van der Waals surface area contributed by atoms with E-state index in [-0.39, 0.29) is 17.6 Å². The van der Waals surface area contributed by atoms with Crippen molar-refractivity contribution in [2.45, 2.75) is 45.2 Å². The number of imidazole rings is 2. The second-order valence-electron chi connectivity index (χ2n) is 10.2. The highest BCUT2D eigenvalue weighted by molar-refractivity contribution is 6.30. The Hall–Kier alpha value is -3.91. The zero-order chi connectivity index (χ0) is 26.4. The molecule has 0 radical (unpaired) electrons. The first-order valence-electron chi connectivity index (χ1n) is 12.9. The van der Waals surface area contributed by atoms with Crippen LogP contribution in [0, 0.1) is 12.8 Å². The van der Waals surface area contributed by atoms with Crippen molar-refractivity contribution in [2.75, 3.05) is 0 Å². The third-order valence-corrected chi connectivity index (χ3v) is 7.93. The molecule has 0 spiro atoms. The number of amides is 1. The van der Waals surface area contributed by atoms with E-state index < -0.39 is 0 Å². The van der Waals surface area contributed by atoms with Crippen molar-refractivity contribution >= 4 is 39.6 Å². The third kappa shape index (κ3) is 4.39. The maximum atomic E-state index is 13.8. The molecule has 1 aliphatic carbocycles. The smallest absolute Gasteiger partial charge is 0.333 e. The van der Waals surface area contributed by atoms with Crippen molar-refractivity contribution in [1.29, 1.82) is 0 Å². The van der Waals surface area contributed by atoms with Gasteiger partial charge in [0.15, 0.2) is 0 Å². The van der Waals surface area contributed by atoms with Crippen molar-refractivity contribution in [2.24, 2.45) is 13.0 Å². The molecule has 5 aromatic rings. The summed E-state index contributed by atoms with van der Waals surface area (Å²) in [5.41, 5.74) is 5.69. The molecule has 1 amide bonds. The van der Waals surface area contributed by atoms with Gasteiger partial charge in [-0.15, -0.1) is 0 Å². The van der Waals surface area contributed by atoms with Crippen LogP contribution in [0.25, 0.3) is 27.8 Å². The van der Waals surface area contributed by atoms with E-state index >= 15 is 0 Å². The number of aryl methyl sites for hydroxylation is 2. The fourth-order valence-electron chi connectivity index (χ4n) is 5.64. The van der Waals surface area contributed by atoms with Crippen molar-refractivity contribution in [3.05, 3.63) is 87.8 Å². The van der Waals surface area contributed by atoms with Crippen LogP contribution in [0.4, 0.5) is 0 Å². The lowest BCUT2D eigenvalue weighted by Gasteiger charge is -2.29. The topological polar surface area (TPSA) is 86.7 Å². The molecule has 0 saturated heterocycles. The van der Waals surface area contributed by atoms with Gasteiger partial charge in [0.25, 0.3) is 5.91 Å². The summed E-state index contributed by atoms with van der Waals surface area (Å²) in [6.45, 7) is 2.46. The summed E-state index contributed by atoms with van der Waals surface area (Å²) in [4.78, 5) is 35.2. The highest BCUT2D eigenvalue weighted by Gasteiger charge is 2.26. The summed E-state index contributed by atoms with van der Waals surface area (Å²) < 4.78 is 5.67. The number of para-hydroxylation sites is 2. The molecule has 0 unspecified atom stereocenters. The summed E-state index contributed by atoms with van der Waals surface area (Å²) in [5, 5.41) is 3.61. The van der Waals surface area contributed by atoms with Crippen molar-refractivity contribution in [3.63, 3.8) is 0 Å². The second-order valence-corrected chi connectivity index (χ2v) is 10.7. The third-order valence-electron chi connectivity index (χ3n) is 7.72. The number of hydrogen-bond donors (Lipinski definition) is 1. The summed E-state index contributed by atoms with van der Waals surface area (Å²) in [6, 6.07) is 15.7. The normalized spacial score (nSPS) is 17.8. The van der Waals surface area contributed by atoms with Gasteiger partial charge in [-0.1, -0.05) is 23.7 Å². The van der Waals surface area contributed by atoms with Gasteiger partial charge in [-0.25, -0.2) is 9.78 Å². The SMILES string of the molecule is Cc1ncc(Cl)cc1C(=O)N[C@H]1CC[C@H](Cn2c(=O)n(-c3ccc4ncn(C)c4c3)c3ccccc32)CC1. The molecule has 2 aromatic carbocycles. The van der Waals surface area contributed by atoms with E-state index in [1.165, 1.54) is 0 Å². The molecule has 0 bridgehead atoms. The van der Waals surface area contributed by atoms with Gasteiger partial charge in [0.2, 0.25) is 0 Å². The number of pyridine rings is 1. The predicted molar refractivity (Wildman–Crippen MR) is 149 cm³/mol. The first-order valence-corrected chi connectivity index (χ1v) is 13.3. The Kier molecular flexibility index (Phi) is 6.27. The molecule has 8 nitrogen and oxygen atoms in total. The van der Waals surface area contributed by atoms with Crippen LogP contribution in [0.2, 0.25) is 5.02 Å². The Balaban J connectivity index is 1.21. The Labute approximate surface area is 224 Å². The number of hydrogen-bond acceptors (Lipinski definition) is 4. The molecule has 6 rings (SSSR count). The highest BCUT2D eigenvalue weighted by atomic mass is 35.5. The van der Waals surface area contributed by atoms with Gasteiger partial charge >= 0.3 is 5.69 Å². The predicted octanol–water partition coefficient (Wildman–Crippen LogP) is 5.02. The second kappa shape index (κ2) is 9.76. The molecule has 3 heterocycles. The fraction of sp³-hybridized carbons (Fsp3) is 0.310. The molecule has 1 saturated carbocycles. The summed E-state index contributed by atoms with van der Waals surface area (Å²) in [5.74, 6) is 0.222. The van der Waals surface area contributed by atoms with Crippen LogP contribution in [-0.2, 0) is 13.6 Å². The Morgan fingerprint density at radius 1 is 1.03 bits per heavy atom. The van der Waals surface area contributed by atoms with Crippen molar-refractivity contribution in [1.82, 2.24) is 29.0 Å². The van der Waals surface area contributed by atoms with Gasteiger partial charge in [0, 0.05) is 25.8 Å². The van der Waals surface area contributed by atoms with Crippen LogP contribution < -0.4 is 11.0 Å². The Morgan fingerprint density at radius 2 is 1.79 bits per heavy atom. The zero-order valence-corrected chi connectivity index (χ0v) is 22.2. The molecule has 0 atom stereocenters. The minimum atomic E-state index is -0.134. The molecule has 1 N–H and O–H groups in total. The summed E-state index contributed by atoms with van der Waals surface area (Å²) in [7, 11) is 1.96. The van der Waals surface area contributed by atoms with Gasteiger partial charge in [-0.05, 0) is 74.9 Å². The number of carbonyl (C=O) groups excluding carboxylic acids is 1. The van der Waals surface area contributed by atoms with Crippen molar-refractivity contribution in [3.8, 4) is 5.69 Å². The lowest BCUT2D eigenvalue weighted by molar-refractivity contribution is 0.0919. The summed E-state index contributed by atoms with van der Waals surface area (Å²) >= 11 is 6.05. The van der Waals surface area contributed by atoms with E-state index in [0.29, 0.717) is 28.7 Å². The zero-order valence-electron chi connectivity index (χ0n) is 21.4. The number of rotatable bonds is 5. The lowest BCUT2D eigenvalue weighted by Crippen LogP contribution is -2.39. The van der Waals surface area contributed by atoms with E-state index in [1.807, 2.05) is 65.6 Å². The monoisotopic (exact) mass is 528 g/mol. The molecule has 9 heteroatoms. The van der Waals surface area contributed by atoms with Gasteiger partial charge in [-0.2, -0.15) is 0 Å². The number of benzene rings is 2. The minimum Gasteiger partial charge on any atom is -0.349 e. The van der Waals surface area contributed by atoms with Gasteiger partial charge in [-0.3, -0.25) is 18.9 Å². The van der Waals surface area contributed by atoms with E-state index in [1.54, 1.807) is 23.2 Å². The van der Waals surface area contributed by atoms with Crippen LogP contribution >= 0.6 is 11.6 Å². The standard InChI is InChI=1S/C29H29ClN6O2/c1-18-23(13-20(30)15-31-18)28(37)33-21-9-7-19(8-10-21)16-35-25-5-3-4-6-26(25)36(29(35)38)22-11-12-24-27(14-22)34(2)17-32-24/h3-6,11-15,17,19,21H,7-10,16H2,1-2H3,(H,33,37)/t19-,21-. The fourth-order valence-corrected chi connectivity index (χ4v) is 5.79. The molecule has 3 aromatic heterocycles. The summed E-state index contributed by atoms with van der Waals surface area (Å²) in [6.07, 6.45) is 6.94. The molecule has 194 valence electrons. The molecule has 1 aliphatic rings. The Bertz CT molecular complexity index is 1720. The van der Waals surface area contributed by atoms with Crippen LogP contribution in [0.5, 0.6) is 0 Å². The van der Waals surface area contributed by atoms with Crippen molar-refractivity contribution < 1.29 is 4.79 Å². The average molecular weight is 529 g/mol. The maximum absolute atomic E-state index is 13.8. The molecular formula is C29H29ClN6O2. The number of fused-ring (bicyclic) bond motifs is 2. The molecule has 0 aliphatic heterocycles. The van der Waals surface area contributed by atoms with Crippen LogP contribution in [0.15, 0.2) is 65.8 Å². The number of nitrogens with one attached hydrogen (secondary N) is 1. The largest absolute Gasteiger partial charge is 0.349 e. The highest BCUT2D eigenvalue weighted by Crippen LogP contribution is 2.28. The molecule has 38 heavy (non-hydrogen) atoms.